The smallest absolute Gasteiger partial charge is 0.410 e. The van der Waals surface area contributed by atoms with Gasteiger partial charge in [0, 0.05) is 6.42 Å². The van der Waals surface area contributed by atoms with Crippen LogP contribution >= 0.6 is 0 Å². The minimum atomic E-state index is -0.717. The van der Waals surface area contributed by atoms with Crippen LogP contribution in [-0.2, 0) is 25.7 Å². The normalized spacial score (nSPS) is 19.9. The average molecular weight is 362 g/mol. The molecule has 1 N–H and O–H groups in total. The fourth-order valence-corrected chi connectivity index (χ4v) is 2.90. The van der Waals surface area contributed by atoms with Gasteiger partial charge >= 0.3 is 6.09 Å². The van der Waals surface area contributed by atoms with Crippen LogP contribution in [-0.4, -0.2) is 54.0 Å². The molecule has 2 atom stereocenters. The van der Waals surface area contributed by atoms with Crippen LogP contribution in [0.15, 0.2) is 30.3 Å². The minimum absolute atomic E-state index is 0.0902. The van der Waals surface area contributed by atoms with Gasteiger partial charge in [-0.15, -0.1) is 0 Å². The molecule has 0 bridgehead atoms. The summed E-state index contributed by atoms with van der Waals surface area (Å²) in [6.07, 6.45) is 0.127. The van der Waals surface area contributed by atoms with Crippen LogP contribution in [0.1, 0.15) is 32.8 Å². The van der Waals surface area contributed by atoms with E-state index in [9.17, 15) is 14.4 Å². The fourth-order valence-electron chi connectivity index (χ4n) is 2.90. The van der Waals surface area contributed by atoms with Crippen molar-refractivity contribution in [2.45, 2.75) is 51.5 Å². The lowest BCUT2D eigenvalue weighted by molar-refractivity contribution is -0.126. The van der Waals surface area contributed by atoms with Crippen molar-refractivity contribution in [2.24, 2.45) is 0 Å². The maximum Gasteiger partial charge on any atom is 0.410 e. The third-order valence-corrected chi connectivity index (χ3v) is 3.88. The molecule has 0 aliphatic carbocycles. The first kappa shape index (κ1) is 19.9. The predicted molar refractivity (Wildman–Crippen MR) is 95.4 cm³/mol. The Balaban J connectivity index is 2.03. The van der Waals surface area contributed by atoms with E-state index in [1.54, 1.807) is 0 Å². The van der Waals surface area contributed by atoms with Crippen molar-refractivity contribution in [1.29, 1.82) is 0 Å². The number of carbonyl (C=O) groups excluding carboxylic acids is 3. The molecular weight excluding hydrogens is 336 g/mol. The van der Waals surface area contributed by atoms with Gasteiger partial charge in [-0.1, -0.05) is 30.3 Å². The maximum absolute atomic E-state index is 12.5. The Morgan fingerprint density at radius 2 is 1.96 bits per heavy atom. The monoisotopic (exact) mass is 362 g/mol. The minimum Gasteiger partial charge on any atom is -0.445 e. The van der Waals surface area contributed by atoms with Crippen LogP contribution in [0.5, 0.6) is 0 Å². The molecule has 2 rings (SSSR count). The summed E-state index contributed by atoms with van der Waals surface area (Å²) >= 11 is 0. The molecular formula is C19H26N2O5. The molecule has 142 valence electrons. The predicted octanol–water partition coefficient (Wildman–Crippen LogP) is 1.90. The third kappa shape index (κ3) is 5.84. The van der Waals surface area contributed by atoms with Crippen molar-refractivity contribution < 1.29 is 23.9 Å². The number of hydrogen-bond acceptors (Lipinski definition) is 5. The van der Waals surface area contributed by atoms with Crippen molar-refractivity contribution >= 4 is 18.3 Å². The molecule has 1 aliphatic rings. The van der Waals surface area contributed by atoms with Gasteiger partial charge in [0.1, 0.15) is 18.9 Å². The highest BCUT2D eigenvalue weighted by molar-refractivity contribution is 5.87. The first-order valence-electron chi connectivity index (χ1n) is 8.66. The molecule has 26 heavy (non-hydrogen) atoms. The molecule has 7 nitrogen and oxygen atoms in total. The van der Waals surface area contributed by atoms with Crippen LogP contribution in [0, 0.1) is 0 Å². The van der Waals surface area contributed by atoms with E-state index >= 15 is 0 Å². The summed E-state index contributed by atoms with van der Waals surface area (Å²) in [5, 5.41) is 2.50. The second kappa shape index (κ2) is 8.80. The van der Waals surface area contributed by atoms with Crippen molar-refractivity contribution in [3.8, 4) is 0 Å². The molecule has 7 heteroatoms. The number of aldehydes is 1. The lowest BCUT2D eigenvalue weighted by atomic mass is 10.1. The molecule has 2 amide bonds. The van der Waals surface area contributed by atoms with E-state index in [1.165, 1.54) is 4.90 Å². The molecule has 2 unspecified atom stereocenters. The fraction of sp³-hybridized carbons (Fsp3) is 0.526. The van der Waals surface area contributed by atoms with Crippen LogP contribution in [0.3, 0.4) is 0 Å². The SMILES string of the molecule is CC(C)(C)OC1CC(C(=O)NCC=O)N(C(=O)OCc2ccccc2)C1. The molecule has 0 saturated carbocycles. The summed E-state index contributed by atoms with van der Waals surface area (Å²) < 4.78 is 11.3. The number of benzene rings is 1. The Kier molecular flexibility index (Phi) is 6.74. The van der Waals surface area contributed by atoms with Crippen LogP contribution in [0.2, 0.25) is 0 Å². The van der Waals surface area contributed by atoms with Gasteiger partial charge in [-0.2, -0.15) is 0 Å². The number of carbonyl (C=O) groups is 3. The molecule has 1 aliphatic heterocycles. The van der Waals surface area contributed by atoms with Gasteiger partial charge in [-0.05, 0) is 26.3 Å². The number of hydrogen-bond donors (Lipinski definition) is 1. The van der Waals surface area contributed by atoms with Crippen molar-refractivity contribution in [1.82, 2.24) is 10.2 Å². The Bertz CT molecular complexity index is 627. The average Bonchev–Trinajstić information content (AvgIpc) is 3.00. The number of likely N-dealkylation sites (tertiary alicyclic amines) is 1. The van der Waals surface area contributed by atoms with E-state index < -0.39 is 17.7 Å². The lowest BCUT2D eigenvalue weighted by Crippen LogP contribution is -2.46. The van der Waals surface area contributed by atoms with Gasteiger partial charge in [-0.25, -0.2) is 4.79 Å². The van der Waals surface area contributed by atoms with Gasteiger partial charge in [0.05, 0.1) is 24.8 Å². The Morgan fingerprint density at radius 3 is 2.58 bits per heavy atom. The van der Waals surface area contributed by atoms with E-state index in [0.29, 0.717) is 12.7 Å². The summed E-state index contributed by atoms with van der Waals surface area (Å²) in [4.78, 5) is 36.7. The van der Waals surface area contributed by atoms with Crippen LogP contribution < -0.4 is 5.32 Å². The summed E-state index contributed by atoms with van der Waals surface area (Å²) in [7, 11) is 0. The zero-order valence-electron chi connectivity index (χ0n) is 15.4. The topological polar surface area (TPSA) is 84.9 Å². The second-order valence-electron chi connectivity index (χ2n) is 7.21. The number of nitrogens with one attached hydrogen (secondary N) is 1. The highest BCUT2D eigenvalue weighted by atomic mass is 16.6. The molecule has 1 heterocycles. The highest BCUT2D eigenvalue weighted by Crippen LogP contribution is 2.25. The zero-order chi connectivity index (χ0) is 19.2. The third-order valence-electron chi connectivity index (χ3n) is 3.88. The van der Waals surface area contributed by atoms with Crippen molar-refractivity contribution in [3.63, 3.8) is 0 Å². The molecule has 1 saturated heterocycles. The standard InChI is InChI=1S/C19H26N2O5/c1-19(2,3)26-15-11-16(17(23)20-9-10-22)21(12-15)18(24)25-13-14-7-5-4-6-8-14/h4-8,10,15-16H,9,11-13H2,1-3H3,(H,20,23). The van der Waals surface area contributed by atoms with Gasteiger partial charge < -0.3 is 19.6 Å². The quantitative estimate of drug-likeness (QED) is 0.781. The molecule has 1 aromatic rings. The van der Waals surface area contributed by atoms with Gasteiger partial charge in [-0.3, -0.25) is 9.69 Å². The first-order valence-corrected chi connectivity index (χ1v) is 8.66. The Morgan fingerprint density at radius 1 is 1.27 bits per heavy atom. The van der Waals surface area contributed by atoms with Crippen molar-refractivity contribution in [2.75, 3.05) is 13.1 Å². The van der Waals surface area contributed by atoms with E-state index in [-0.39, 0.29) is 31.7 Å². The molecule has 0 radical (unpaired) electrons. The molecule has 1 aromatic carbocycles. The zero-order valence-corrected chi connectivity index (χ0v) is 15.4. The van der Waals surface area contributed by atoms with E-state index in [4.69, 9.17) is 9.47 Å². The highest BCUT2D eigenvalue weighted by Gasteiger charge is 2.42. The number of amides is 2. The molecule has 1 fully saturated rings. The number of nitrogens with zero attached hydrogens (tertiary/aromatic N) is 1. The number of rotatable bonds is 6. The second-order valence-corrected chi connectivity index (χ2v) is 7.21. The summed E-state index contributed by atoms with van der Waals surface area (Å²) in [5.74, 6) is -0.381. The van der Waals surface area contributed by atoms with Gasteiger partial charge in [0.25, 0.3) is 0 Å². The number of ether oxygens (including phenoxy) is 2. The molecule has 0 aromatic heterocycles. The van der Waals surface area contributed by atoms with Crippen LogP contribution in [0.25, 0.3) is 0 Å². The first-order chi connectivity index (χ1) is 12.3. The van der Waals surface area contributed by atoms with Crippen molar-refractivity contribution in [3.05, 3.63) is 35.9 Å². The van der Waals surface area contributed by atoms with E-state index in [2.05, 4.69) is 5.32 Å². The Hall–Kier alpha value is -2.41. The lowest BCUT2D eigenvalue weighted by Gasteiger charge is -2.25. The molecule has 0 spiro atoms. The summed E-state index contributed by atoms with van der Waals surface area (Å²) in [6, 6.07) is 8.61. The van der Waals surface area contributed by atoms with Crippen LogP contribution in [0.4, 0.5) is 4.79 Å². The van der Waals surface area contributed by atoms with Gasteiger partial charge in [0.15, 0.2) is 0 Å². The summed E-state index contributed by atoms with van der Waals surface area (Å²) in [5.41, 5.74) is 0.475. The van der Waals surface area contributed by atoms with E-state index in [1.807, 2.05) is 51.1 Å². The van der Waals surface area contributed by atoms with Gasteiger partial charge in [0.2, 0.25) is 5.91 Å². The maximum atomic E-state index is 12.5. The Labute approximate surface area is 153 Å². The summed E-state index contributed by atoms with van der Waals surface area (Å²) in [6.45, 7) is 6.07. The van der Waals surface area contributed by atoms with E-state index in [0.717, 1.165) is 5.56 Å². The largest absolute Gasteiger partial charge is 0.445 e.